The molecular weight excluding hydrogens is 176 g/mol. The first-order valence-electron chi connectivity index (χ1n) is 5.75. The molecule has 1 heterocycles. The third-order valence-electron chi connectivity index (χ3n) is 2.97. The van der Waals surface area contributed by atoms with Crippen molar-refractivity contribution in [3.05, 3.63) is 0 Å². The number of likely N-dealkylation sites (tertiary alicyclic amines) is 1. The Morgan fingerprint density at radius 2 is 2.14 bits per heavy atom. The molecule has 1 aliphatic rings. The molecule has 0 bridgehead atoms. The molecule has 2 unspecified atom stereocenters. The molecule has 3 nitrogen and oxygen atoms in total. The second-order valence-electron chi connectivity index (χ2n) is 4.80. The molecule has 0 aromatic carbocycles. The highest BCUT2D eigenvalue weighted by Crippen LogP contribution is 2.20. The van der Waals surface area contributed by atoms with Gasteiger partial charge < -0.3 is 10.8 Å². The average molecular weight is 200 g/mol. The maximum Gasteiger partial charge on any atom is 0.0597 e. The van der Waals surface area contributed by atoms with Gasteiger partial charge in [-0.25, -0.2) is 0 Å². The van der Waals surface area contributed by atoms with E-state index in [2.05, 4.69) is 18.7 Å². The third-order valence-corrected chi connectivity index (χ3v) is 2.97. The normalized spacial score (nSPS) is 26.8. The molecule has 84 valence electrons. The number of aliphatic hydroxyl groups is 1. The van der Waals surface area contributed by atoms with Crippen molar-refractivity contribution in [2.75, 3.05) is 19.7 Å². The summed E-state index contributed by atoms with van der Waals surface area (Å²) in [4.78, 5) is 2.45. The molecule has 3 N–H and O–H groups in total. The Kier molecular flexibility index (Phi) is 4.85. The molecule has 0 aromatic rings. The average Bonchev–Trinajstić information content (AvgIpc) is 2.16. The highest BCUT2D eigenvalue weighted by atomic mass is 16.3. The molecule has 1 aliphatic heterocycles. The van der Waals surface area contributed by atoms with Crippen LogP contribution < -0.4 is 5.73 Å². The first kappa shape index (κ1) is 12.0. The minimum absolute atomic E-state index is 0.0611. The monoisotopic (exact) mass is 200 g/mol. The zero-order chi connectivity index (χ0) is 10.6. The Balaban J connectivity index is 2.49. The lowest BCUT2D eigenvalue weighted by Crippen LogP contribution is -2.52. The van der Waals surface area contributed by atoms with Crippen LogP contribution in [0.5, 0.6) is 0 Å². The van der Waals surface area contributed by atoms with E-state index < -0.39 is 0 Å². The molecule has 0 amide bonds. The highest BCUT2D eigenvalue weighted by Gasteiger charge is 2.27. The van der Waals surface area contributed by atoms with Crippen molar-refractivity contribution in [3.8, 4) is 0 Å². The van der Waals surface area contributed by atoms with Gasteiger partial charge in [-0.1, -0.05) is 20.3 Å². The van der Waals surface area contributed by atoms with E-state index in [9.17, 15) is 0 Å². The number of aliphatic hydroxyl groups excluding tert-OH is 1. The van der Waals surface area contributed by atoms with Gasteiger partial charge in [0.2, 0.25) is 0 Å². The molecule has 0 aromatic heterocycles. The minimum atomic E-state index is -0.0611. The second kappa shape index (κ2) is 5.69. The summed E-state index contributed by atoms with van der Waals surface area (Å²) in [6.07, 6.45) is 3.68. The molecule has 1 fully saturated rings. The summed E-state index contributed by atoms with van der Waals surface area (Å²) in [6.45, 7) is 6.83. The van der Waals surface area contributed by atoms with Gasteiger partial charge in [-0.2, -0.15) is 0 Å². The molecule has 2 atom stereocenters. The molecule has 0 aliphatic carbocycles. The summed E-state index contributed by atoms with van der Waals surface area (Å²) in [5, 5.41) is 9.09. The van der Waals surface area contributed by atoms with Crippen LogP contribution in [0.2, 0.25) is 0 Å². The molecule has 0 radical (unpaired) electrons. The minimum Gasteiger partial charge on any atom is -0.395 e. The summed E-state index contributed by atoms with van der Waals surface area (Å²) < 4.78 is 0. The summed E-state index contributed by atoms with van der Waals surface area (Å²) >= 11 is 0. The topological polar surface area (TPSA) is 49.5 Å². The second-order valence-corrected chi connectivity index (χ2v) is 4.80. The van der Waals surface area contributed by atoms with E-state index in [1.165, 1.54) is 12.8 Å². The van der Waals surface area contributed by atoms with Gasteiger partial charge in [-0.3, -0.25) is 4.90 Å². The van der Waals surface area contributed by atoms with Gasteiger partial charge >= 0.3 is 0 Å². The number of rotatable bonds is 4. The van der Waals surface area contributed by atoms with Crippen LogP contribution in [0.15, 0.2) is 0 Å². The highest BCUT2D eigenvalue weighted by molar-refractivity contribution is 4.85. The molecule has 1 rings (SSSR count). The van der Waals surface area contributed by atoms with Gasteiger partial charge in [0.05, 0.1) is 6.61 Å². The van der Waals surface area contributed by atoms with Crippen LogP contribution in [0, 0.1) is 5.92 Å². The third kappa shape index (κ3) is 3.23. The SMILES string of the molecule is CC(C)CN1CCCCC1C(N)CO. The Bertz CT molecular complexity index is 161. The van der Waals surface area contributed by atoms with E-state index >= 15 is 0 Å². The van der Waals surface area contributed by atoms with E-state index in [0.29, 0.717) is 12.0 Å². The van der Waals surface area contributed by atoms with Gasteiger partial charge in [0.1, 0.15) is 0 Å². The fourth-order valence-corrected chi connectivity index (χ4v) is 2.32. The van der Waals surface area contributed by atoms with E-state index in [1.54, 1.807) is 0 Å². The van der Waals surface area contributed by atoms with E-state index in [4.69, 9.17) is 10.8 Å². The molecule has 0 spiro atoms. The van der Waals surface area contributed by atoms with Gasteiger partial charge in [0, 0.05) is 18.6 Å². The van der Waals surface area contributed by atoms with Gasteiger partial charge in [-0.05, 0) is 25.3 Å². The largest absolute Gasteiger partial charge is 0.395 e. The summed E-state index contributed by atoms with van der Waals surface area (Å²) in [5.74, 6) is 0.682. The van der Waals surface area contributed by atoms with Crippen molar-refractivity contribution in [1.29, 1.82) is 0 Å². The van der Waals surface area contributed by atoms with Crippen LogP contribution in [-0.2, 0) is 0 Å². The number of hydrogen-bond donors (Lipinski definition) is 2. The Labute approximate surface area is 87.3 Å². The van der Waals surface area contributed by atoms with Gasteiger partial charge in [-0.15, -0.1) is 0 Å². The quantitative estimate of drug-likeness (QED) is 0.706. The molecule has 0 saturated carbocycles. The maximum absolute atomic E-state index is 9.09. The first-order valence-corrected chi connectivity index (χ1v) is 5.75. The lowest BCUT2D eigenvalue weighted by Gasteiger charge is -2.39. The van der Waals surface area contributed by atoms with E-state index in [1.807, 2.05) is 0 Å². The number of hydrogen-bond acceptors (Lipinski definition) is 3. The Morgan fingerprint density at radius 3 is 2.71 bits per heavy atom. The van der Waals surface area contributed by atoms with Crippen LogP contribution in [-0.4, -0.2) is 41.8 Å². The van der Waals surface area contributed by atoms with Crippen LogP contribution in [0.4, 0.5) is 0 Å². The van der Waals surface area contributed by atoms with Crippen molar-refractivity contribution >= 4 is 0 Å². The zero-order valence-electron chi connectivity index (χ0n) is 9.45. The number of nitrogens with zero attached hydrogens (tertiary/aromatic N) is 1. The van der Waals surface area contributed by atoms with Crippen molar-refractivity contribution in [2.45, 2.75) is 45.2 Å². The Morgan fingerprint density at radius 1 is 1.43 bits per heavy atom. The van der Waals surface area contributed by atoms with E-state index in [0.717, 1.165) is 19.5 Å². The van der Waals surface area contributed by atoms with Gasteiger partial charge in [0.15, 0.2) is 0 Å². The fourth-order valence-electron chi connectivity index (χ4n) is 2.32. The first-order chi connectivity index (χ1) is 6.65. The number of nitrogens with two attached hydrogens (primary N) is 1. The predicted molar refractivity (Wildman–Crippen MR) is 59.1 cm³/mol. The molecular formula is C11H24N2O. The van der Waals surface area contributed by atoms with Crippen LogP contribution in [0.25, 0.3) is 0 Å². The van der Waals surface area contributed by atoms with Crippen molar-refractivity contribution in [1.82, 2.24) is 4.90 Å². The standard InChI is InChI=1S/C11H24N2O/c1-9(2)7-13-6-4-3-5-11(13)10(12)8-14/h9-11,14H,3-8,12H2,1-2H3. The maximum atomic E-state index is 9.09. The molecule has 14 heavy (non-hydrogen) atoms. The summed E-state index contributed by atoms with van der Waals surface area (Å²) in [5.41, 5.74) is 5.92. The summed E-state index contributed by atoms with van der Waals surface area (Å²) in [6, 6.07) is 0.338. The van der Waals surface area contributed by atoms with Crippen molar-refractivity contribution < 1.29 is 5.11 Å². The van der Waals surface area contributed by atoms with Crippen LogP contribution in [0.3, 0.4) is 0 Å². The molecule has 1 saturated heterocycles. The van der Waals surface area contributed by atoms with Crippen LogP contribution in [0.1, 0.15) is 33.1 Å². The summed E-state index contributed by atoms with van der Waals surface area (Å²) in [7, 11) is 0. The number of piperidine rings is 1. The van der Waals surface area contributed by atoms with Crippen molar-refractivity contribution in [3.63, 3.8) is 0 Å². The Hall–Kier alpha value is -0.120. The lowest BCUT2D eigenvalue weighted by atomic mass is 9.95. The van der Waals surface area contributed by atoms with E-state index in [-0.39, 0.29) is 12.6 Å². The van der Waals surface area contributed by atoms with Crippen molar-refractivity contribution in [2.24, 2.45) is 11.7 Å². The lowest BCUT2D eigenvalue weighted by molar-refractivity contribution is 0.0901. The smallest absolute Gasteiger partial charge is 0.0597 e. The zero-order valence-corrected chi connectivity index (χ0v) is 9.45. The molecule has 3 heteroatoms. The fraction of sp³-hybridized carbons (Fsp3) is 1.00. The predicted octanol–water partition coefficient (Wildman–Crippen LogP) is 0.816. The van der Waals surface area contributed by atoms with Crippen LogP contribution >= 0.6 is 0 Å². The van der Waals surface area contributed by atoms with Gasteiger partial charge in [0.25, 0.3) is 0 Å².